The Bertz CT molecular complexity index is 240. The molecule has 1 heterocycles. The monoisotopic (exact) mass is 177 g/mol. The summed E-state index contributed by atoms with van der Waals surface area (Å²) in [5.74, 6) is 0. The van der Waals surface area contributed by atoms with Gasteiger partial charge in [0.05, 0.1) is 6.61 Å². The molecule has 13 heavy (non-hydrogen) atoms. The van der Waals surface area contributed by atoms with E-state index in [4.69, 9.17) is 4.74 Å². The highest BCUT2D eigenvalue weighted by atomic mass is 16.5. The third-order valence-corrected chi connectivity index (χ3v) is 2.39. The van der Waals surface area contributed by atoms with Gasteiger partial charge in [0.25, 0.3) is 0 Å². The van der Waals surface area contributed by atoms with Crippen molar-refractivity contribution in [3.63, 3.8) is 0 Å². The molecule has 1 aromatic carbocycles. The molecule has 70 valence electrons. The molecule has 2 heteroatoms. The third kappa shape index (κ3) is 2.29. The maximum Gasteiger partial charge on any atom is 0.0591 e. The molecule has 0 spiro atoms. The Kier molecular flexibility index (Phi) is 2.95. The van der Waals surface area contributed by atoms with E-state index in [2.05, 4.69) is 35.6 Å². The molecule has 1 saturated heterocycles. The molecule has 2 rings (SSSR count). The number of rotatable bonds is 1. The van der Waals surface area contributed by atoms with Gasteiger partial charge < -0.3 is 10.1 Å². The Balaban J connectivity index is 2.06. The molecule has 1 atom stereocenters. The lowest BCUT2D eigenvalue weighted by atomic mass is 10.0. The van der Waals surface area contributed by atoms with Crippen LogP contribution < -0.4 is 5.32 Å². The molecule has 0 unspecified atom stereocenters. The lowest BCUT2D eigenvalue weighted by molar-refractivity contribution is 0.150. The Morgan fingerprint density at radius 1 is 1.15 bits per heavy atom. The van der Waals surface area contributed by atoms with Crippen molar-refractivity contribution in [3.05, 3.63) is 35.9 Å². The van der Waals surface area contributed by atoms with Crippen LogP contribution in [0.1, 0.15) is 18.0 Å². The van der Waals surface area contributed by atoms with Gasteiger partial charge in [0, 0.05) is 19.2 Å². The van der Waals surface area contributed by atoms with Crippen molar-refractivity contribution in [1.29, 1.82) is 0 Å². The highest BCUT2D eigenvalue weighted by molar-refractivity contribution is 5.18. The van der Waals surface area contributed by atoms with Crippen molar-refractivity contribution >= 4 is 0 Å². The summed E-state index contributed by atoms with van der Waals surface area (Å²) >= 11 is 0. The van der Waals surface area contributed by atoms with E-state index in [0.29, 0.717) is 6.04 Å². The van der Waals surface area contributed by atoms with Crippen LogP contribution in [0.5, 0.6) is 0 Å². The van der Waals surface area contributed by atoms with Crippen LogP contribution in [0.15, 0.2) is 30.3 Å². The minimum atomic E-state index is 0.476. The molecule has 0 amide bonds. The molecular weight excluding hydrogens is 162 g/mol. The van der Waals surface area contributed by atoms with Crippen molar-refractivity contribution in [2.24, 2.45) is 0 Å². The van der Waals surface area contributed by atoms with E-state index >= 15 is 0 Å². The highest BCUT2D eigenvalue weighted by Gasteiger charge is 2.12. The summed E-state index contributed by atoms with van der Waals surface area (Å²) < 4.78 is 5.38. The largest absolute Gasteiger partial charge is 0.380 e. The average Bonchev–Trinajstić information content (AvgIpc) is 2.47. The molecule has 1 N–H and O–H groups in total. The van der Waals surface area contributed by atoms with Crippen LogP contribution in [-0.4, -0.2) is 19.8 Å². The SMILES string of the molecule is c1ccc([C@@H]2CCOCCN2)cc1. The molecule has 1 aliphatic heterocycles. The van der Waals surface area contributed by atoms with Crippen LogP contribution in [0.2, 0.25) is 0 Å². The second-order valence-electron chi connectivity index (χ2n) is 3.32. The van der Waals surface area contributed by atoms with E-state index in [9.17, 15) is 0 Å². The molecule has 0 saturated carbocycles. The Morgan fingerprint density at radius 3 is 2.85 bits per heavy atom. The first kappa shape index (κ1) is 8.73. The standard InChI is InChI=1S/C11H15NO/c1-2-4-10(5-3-1)11-6-8-13-9-7-12-11/h1-5,11-12H,6-9H2/t11-/m0/s1. The average molecular weight is 177 g/mol. The topological polar surface area (TPSA) is 21.3 Å². The maximum atomic E-state index is 5.38. The van der Waals surface area contributed by atoms with Crippen LogP contribution in [-0.2, 0) is 4.74 Å². The normalized spacial score (nSPS) is 23.8. The van der Waals surface area contributed by atoms with Crippen molar-refractivity contribution in [1.82, 2.24) is 5.32 Å². The quantitative estimate of drug-likeness (QED) is 0.705. The molecule has 0 radical (unpaired) electrons. The fourth-order valence-electron chi connectivity index (χ4n) is 1.68. The van der Waals surface area contributed by atoms with Gasteiger partial charge in [-0.3, -0.25) is 0 Å². The molecule has 0 aromatic heterocycles. The van der Waals surface area contributed by atoms with Crippen LogP contribution in [0, 0.1) is 0 Å². The second kappa shape index (κ2) is 4.40. The molecule has 1 aromatic rings. The zero-order valence-electron chi connectivity index (χ0n) is 7.70. The van der Waals surface area contributed by atoms with Gasteiger partial charge in [-0.05, 0) is 12.0 Å². The van der Waals surface area contributed by atoms with Gasteiger partial charge in [0.1, 0.15) is 0 Å². The van der Waals surface area contributed by atoms with Crippen LogP contribution in [0.25, 0.3) is 0 Å². The number of hydrogen-bond acceptors (Lipinski definition) is 2. The first-order valence-corrected chi connectivity index (χ1v) is 4.83. The molecule has 0 aliphatic carbocycles. The third-order valence-electron chi connectivity index (χ3n) is 2.39. The predicted molar refractivity (Wildman–Crippen MR) is 52.6 cm³/mol. The molecule has 2 nitrogen and oxygen atoms in total. The summed E-state index contributed by atoms with van der Waals surface area (Å²) in [6.07, 6.45) is 1.07. The second-order valence-corrected chi connectivity index (χ2v) is 3.32. The van der Waals surface area contributed by atoms with Crippen molar-refractivity contribution in [3.8, 4) is 0 Å². The summed E-state index contributed by atoms with van der Waals surface area (Å²) in [6, 6.07) is 11.0. The lowest BCUT2D eigenvalue weighted by Crippen LogP contribution is -2.21. The lowest BCUT2D eigenvalue weighted by Gasteiger charge is -2.14. The smallest absolute Gasteiger partial charge is 0.0591 e. The molecule has 1 aliphatic rings. The number of benzene rings is 1. The van der Waals surface area contributed by atoms with E-state index in [0.717, 1.165) is 26.2 Å². The van der Waals surface area contributed by atoms with Gasteiger partial charge in [-0.1, -0.05) is 30.3 Å². The van der Waals surface area contributed by atoms with Gasteiger partial charge in [0.2, 0.25) is 0 Å². The minimum absolute atomic E-state index is 0.476. The fraction of sp³-hybridized carbons (Fsp3) is 0.455. The first-order chi connectivity index (χ1) is 6.47. The first-order valence-electron chi connectivity index (χ1n) is 4.83. The van der Waals surface area contributed by atoms with E-state index in [1.54, 1.807) is 0 Å². The van der Waals surface area contributed by atoms with Gasteiger partial charge in [-0.2, -0.15) is 0 Å². The highest BCUT2D eigenvalue weighted by Crippen LogP contribution is 2.17. The van der Waals surface area contributed by atoms with Crippen LogP contribution >= 0.6 is 0 Å². The summed E-state index contributed by atoms with van der Waals surface area (Å²) in [5.41, 5.74) is 1.37. The van der Waals surface area contributed by atoms with Crippen molar-refractivity contribution in [2.45, 2.75) is 12.5 Å². The zero-order chi connectivity index (χ0) is 8.93. The Hall–Kier alpha value is -0.860. The molecular formula is C11H15NO. The predicted octanol–water partition coefficient (Wildman–Crippen LogP) is 1.74. The Labute approximate surface area is 78.9 Å². The zero-order valence-corrected chi connectivity index (χ0v) is 7.70. The van der Waals surface area contributed by atoms with Crippen molar-refractivity contribution < 1.29 is 4.74 Å². The van der Waals surface area contributed by atoms with Crippen LogP contribution in [0.4, 0.5) is 0 Å². The minimum Gasteiger partial charge on any atom is -0.380 e. The number of nitrogens with one attached hydrogen (secondary N) is 1. The van der Waals surface area contributed by atoms with Gasteiger partial charge in [-0.15, -0.1) is 0 Å². The summed E-state index contributed by atoms with van der Waals surface area (Å²) in [7, 11) is 0. The summed E-state index contributed by atoms with van der Waals surface area (Å²) in [6.45, 7) is 2.66. The van der Waals surface area contributed by atoms with Gasteiger partial charge in [0.15, 0.2) is 0 Å². The van der Waals surface area contributed by atoms with E-state index < -0.39 is 0 Å². The van der Waals surface area contributed by atoms with Gasteiger partial charge in [-0.25, -0.2) is 0 Å². The van der Waals surface area contributed by atoms with Gasteiger partial charge >= 0.3 is 0 Å². The maximum absolute atomic E-state index is 5.38. The summed E-state index contributed by atoms with van der Waals surface area (Å²) in [5, 5.41) is 3.47. The Morgan fingerprint density at radius 2 is 2.00 bits per heavy atom. The van der Waals surface area contributed by atoms with E-state index in [-0.39, 0.29) is 0 Å². The van der Waals surface area contributed by atoms with E-state index in [1.807, 2.05) is 0 Å². The number of hydrogen-bond donors (Lipinski definition) is 1. The molecule has 0 bridgehead atoms. The van der Waals surface area contributed by atoms with Crippen molar-refractivity contribution in [2.75, 3.05) is 19.8 Å². The number of ether oxygens (including phenoxy) is 1. The molecule has 1 fully saturated rings. The van der Waals surface area contributed by atoms with E-state index in [1.165, 1.54) is 5.56 Å². The fourth-order valence-corrected chi connectivity index (χ4v) is 1.68. The summed E-state index contributed by atoms with van der Waals surface area (Å²) in [4.78, 5) is 0. The van der Waals surface area contributed by atoms with Crippen LogP contribution in [0.3, 0.4) is 0 Å².